The molecule has 0 saturated carbocycles. The lowest BCUT2D eigenvalue weighted by Crippen LogP contribution is -2.14. The number of esters is 1. The molecule has 0 aliphatic heterocycles. The van der Waals surface area contributed by atoms with E-state index in [1.54, 1.807) is 19.1 Å². The molecule has 0 fully saturated rings. The van der Waals surface area contributed by atoms with Gasteiger partial charge in [-0.1, -0.05) is 48.9 Å². The summed E-state index contributed by atoms with van der Waals surface area (Å²) in [5.41, 5.74) is 4.94. The Balaban J connectivity index is 1.94. The number of anilines is 1. The van der Waals surface area contributed by atoms with Crippen LogP contribution in [0.5, 0.6) is 0 Å². The van der Waals surface area contributed by atoms with Crippen LogP contribution in [0.2, 0.25) is 0 Å². The number of benzene rings is 2. The van der Waals surface area contributed by atoms with Gasteiger partial charge in [0.1, 0.15) is 10.6 Å². The molecule has 0 aliphatic rings. The van der Waals surface area contributed by atoms with Gasteiger partial charge < -0.3 is 10.1 Å². The molecule has 1 aromatic heterocycles. The predicted octanol–water partition coefficient (Wildman–Crippen LogP) is 5.71. The lowest BCUT2D eigenvalue weighted by molar-refractivity contribution is 0.0529. The van der Waals surface area contributed by atoms with Crippen molar-refractivity contribution >= 4 is 28.2 Å². The summed E-state index contributed by atoms with van der Waals surface area (Å²) in [6.07, 6.45) is 0.916. The molecule has 1 amide bonds. The second-order valence-electron chi connectivity index (χ2n) is 6.44. The Labute approximate surface area is 169 Å². The van der Waals surface area contributed by atoms with Crippen molar-refractivity contribution in [2.45, 2.75) is 27.2 Å². The van der Waals surface area contributed by atoms with Gasteiger partial charge in [-0.05, 0) is 43.5 Å². The van der Waals surface area contributed by atoms with Crippen molar-refractivity contribution in [3.05, 3.63) is 76.2 Å². The molecule has 0 spiro atoms. The van der Waals surface area contributed by atoms with E-state index in [1.807, 2.05) is 48.7 Å². The van der Waals surface area contributed by atoms with E-state index in [0.29, 0.717) is 16.1 Å². The molecule has 1 heterocycles. The Bertz CT molecular complexity index is 972. The van der Waals surface area contributed by atoms with Gasteiger partial charge in [-0.25, -0.2) is 4.79 Å². The molecular weight excluding hydrogens is 370 g/mol. The first kappa shape index (κ1) is 19.8. The van der Waals surface area contributed by atoms with E-state index in [1.165, 1.54) is 16.9 Å². The van der Waals surface area contributed by atoms with E-state index in [0.717, 1.165) is 23.1 Å². The summed E-state index contributed by atoms with van der Waals surface area (Å²) in [6, 6.07) is 15.4. The van der Waals surface area contributed by atoms with Gasteiger partial charge in [0, 0.05) is 16.5 Å². The molecule has 4 nitrogen and oxygen atoms in total. The molecule has 5 heteroatoms. The molecule has 0 bridgehead atoms. The average molecular weight is 394 g/mol. The fourth-order valence-corrected chi connectivity index (χ4v) is 3.82. The van der Waals surface area contributed by atoms with Crippen LogP contribution in [0.3, 0.4) is 0 Å². The summed E-state index contributed by atoms with van der Waals surface area (Å²) >= 11 is 1.33. The molecule has 3 rings (SSSR count). The molecule has 3 aromatic rings. The highest BCUT2D eigenvalue weighted by molar-refractivity contribution is 7.15. The third-order valence-corrected chi connectivity index (χ3v) is 5.38. The fourth-order valence-electron chi connectivity index (χ4n) is 2.87. The molecule has 2 aromatic carbocycles. The predicted molar refractivity (Wildman–Crippen MR) is 114 cm³/mol. The van der Waals surface area contributed by atoms with Crippen LogP contribution in [0.25, 0.3) is 11.1 Å². The van der Waals surface area contributed by atoms with Gasteiger partial charge in [0.25, 0.3) is 5.91 Å². The minimum atomic E-state index is -0.434. The SMILES string of the molecule is CCOC(=O)c1c(-c2ccc(C)cc2)csc1NC(=O)c1ccc(CC)cc1. The van der Waals surface area contributed by atoms with Crippen molar-refractivity contribution in [2.24, 2.45) is 0 Å². The standard InChI is InChI=1S/C23H23NO3S/c1-4-16-8-12-18(13-9-16)21(25)24-22-20(23(26)27-5-2)19(14-28-22)17-10-6-15(3)7-11-17/h6-14H,4-5H2,1-3H3,(H,24,25). The number of hydrogen-bond donors (Lipinski definition) is 1. The lowest BCUT2D eigenvalue weighted by Gasteiger charge is -2.09. The number of hydrogen-bond acceptors (Lipinski definition) is 4. The largest absolute Gasteiger partial charge is 0.462 e. The first-order chi connectivity index (χ1) is 13.5. The van der Waals surface area contributed by atoms with Gasteiger partial charge in [0.2, 0.25) is 0 Å². The van der Waals surface area contributed by atoms with Gasteiger partial charge in [-0.2, -0.15) is 0 Å². The monoisotopic (exact) mass is 393 g/mol. The molecule has 0 atom stereocenters. The van der Waals surface area contributed by atoms with Crippen LogP contribution in [0, 0.1) is 6.92 Å². The van der Waals surface area contributed by atoms with Gasteiger partial charge in [0.05, 0.1) is 6.61 Å². The van der Waals surface area contributed by atoms with E-state index >= 15 is 0 Å². The molecule has 0 saturated heterocycles. The Morgan fingerprint density at radius 1 is 1.00 bits per heavy atom. The van der Waals surface area contributed by atoms with Crippen molar-refractivity contribution in [3.63, 3.8) is 0 Å². The molecule has 0 unspecified atom stereocenters. The Morgan fingerprint density at radius 2 is 1.68 bits per heavy atom. The maximum atomic E-state index is 12.7. The van der Waals surface area contributed by atoms with Crippen molar-refractivity contribution < 1.29 is 14.3 Å². The molecule has 1 N–H and O–H groups in total. The number of thiophene rings is 1. The molecule has 144 valence electrons. The molecule has 28 heavy (non-hydrogen) atoms. The normalized spacial score (nSPS) is 10.5. The van der Waals surface area contributed by atoms with Crippen molar-refractivity contribution in [3.8, 4) is 11.1 Å². The minimum absolute atomic E-state index is 0.245. The zero-order chi connectivity index (χ0) is 20.1. The Morgan fingerprint density at radius 3 is 2.29 bits per heavy atom. The van der Waals surface area contributed by atoms with E-state index in [9.17, 15) is 9.59 Å². The maximum Gasteiger partial charge on any atom is 0.341 e. The summed E-state index contributed by atoms with van der Waals surface area (Å²) in [5, 5.41) is 5.26. The second-order valence-corrected chi connectivity index (χ2v) is 7.32. The van der Waals surface area contributed by atoms with Crippen molar-refractivity contribution in [1.82, 2.24) is 0 Å². The zero-order valence-corrected chi connectivity index (χ0v) is 17.1. The smallest absolute Gasteiger partial charge is 0.341 e. The summed E-state index contributed by atoms with van der Waals surface area (Å²) in [4.78, 5) is 25.3. The van der Waals surface area contributed by atoms with Crippen LogP contribution in [-0.2, 0) is 11.2 Å². The fraction of sp³-hybridized carbons (Fsp3) is 0.217. The van der Waals surface area contributed by atoms with Crippen molar-refractivity contribution in [2.75, 3.05) is 11.9 Å². The Hall–Kier alpha value is -2.92. The number of carbonyl (C=O) groups is 2. The van der Waals surface area contributed by atoms with Gasteiger partial charge in [0.15, 0.2) is 0 Å². The number of carbonyl (C=O) groups excluding carboxylic acids is 2. The highest BCUT2D eigenvalue weighted by Gasteiger charge is 2.23. The van der Waals surface area contributed by atoms with Gasteiger partial charge in [-0.15, -0.1) is 11.3 Å². The van der Waals surface area contributed by atoms with Crippen molar-refractivity contribution in [1.29, 1.82) is 0 Å². The molecule has 0 aliphatic carbocycles. The quantitative estimate of drug-likeness (QED) is 0.545. The molecule has 0 radical (unpaired) electrons. The number of ether oxygens (including phenoxy) is 1. The summed E-state index contributed by atoms with van der Waals surface area (Å²) in [5.74, 6) is -0.679. The van der Waals surface area contributed by atoms with Gasteiger partial charge in [-0.3, -0.25) is 4.79 Å². The van der Waals surface area contributed by atoms with E-state index in [-0.39, 0.29) is 12.5 Å². The van der Waals surface area contributed by atoms with E-state index in [4.69, 9.17) is 4.74 Å². The number of nitrogens with one attached hydrogen (secondary N) is 1. The highest BCUT2D eigenvalue weighted by Crippen LogP contribution is 2.36. The third-order valence-electron chi connectivity index (χ3n) is 4.48. The van der Waals surface area contributed by atoms with E-state index in [2.05, 4.69) is 12.2 Å². The highest BCUT2D eigenvalue weighted by atomic mass is 32.1. The van der Waals surface area contributed by atoms with Crippen LogP contribution in [0.15, 0.2) is 53.9 Å². The summed E-state index contributed by atoms with van der Waals surface area (Å²) in [7, 11) is 0. The van der Waals surface area contributed by atoms with Crippen LogP contribution in [0.1, 0.15) is 45.7 Å². The summed E-state index contributed by atoms with van der Waals surface area (Å²) < 4.78 is 5.25. The lowest BCUT2D eigenvalue weighted by atomic mass is 10.0. The molecular formula is C23H23NO3S. The van der Waals surface area contributed by atoms with Gasteiger partial charge >= 0.3 is 5.97 Å². The Kier molecular flexibility index (Phi) is 6.26. The topological polar surface area (TPSA) is 55.4 Å². The van der Waals surface area contributed by atoms with Crippen LogP contribution in [0.4, 0.5) is 5.00 Å². The third kappa shape index (κ3) is 4.31. The van der Waals surface area contributed by atoms with Crippen LogP contribution in [-0.4, -0.2) is 18.5 Å². The minimum Gasteiger partial charge on any atom is -0.462 e. The summed E-state index contributed by atoms with van der Waals surface area (Å²) in [6.45, 7) is 6.12. The average Bonchev–Trinajstić information content (AvgIpc) is 3.12. The number of amides is 1. The van der Waals surface area contributed by atoms with E-state index < -0.39 is 5.97 Å². The number of aryl methyl sites for hydroxylation is 2. The van der Waals surface area contributed by atoms with Crippen LogP contribution < -0.4 is 5.32 Å². The second kappa shape index (κ2) is 8.85. The van der Waals surface area contributed by atoms with Crippen LogP contribution >= 0.6 is 11.3 Å². The maximum absolute atomic E-state index is 12.7. The first-order valence-corrected chi connectivity index (χ1v) is 10.2. The first-order valence-electron chi connectivity index (χ1n) is 9.29. The number of rotatable bonds is 6. The zero-order valence-electron chi connectivity index (χ0n) is 16.2.